The van der Waals surface area contributed by atoms with Gasteiger partial charge in [-0.3, -0.25) is 9.97 Å². The molecule has 4 aromatic rings. The van der Waals surface area contributed by atoms with Crippen LogP contribution in [-0.2, 0) is 0 Å². The monoisotopic (exact) mass is 328 g/mol. The third kappa shape index (κ3) is 2.85. The highest BCUT2D eigenvalue weighted by atomic mass is 16.5. The third-order valence-corrected chi connectivity index (χ3v) is 3.89. The summed E-state index contributed by atoms with van der Waals surface area (Å²) in [5, 5.41) is 0.695. The highest BCUT2D eigenvalue weighted by Gasteiger charge is 2.05. The summed E-state index contributed by atoms with van der Waals surface area (Å²) < 4.78 is 5.08. The maximum Gasteiger partial charge on any atom is 0.212 e. The largest absolute Gasteiger partial charge is 0.481 e. The van der Waals surface area contributed by atoms with E-state index in [4.69, 9.17) is 10.5 Å². The van der Waals surface area contributed by atoms with Crippen LogP contribution in [0.25, 0.3) is 39.2 Å². The lowest BCUT2D eigenvalue weighted by Crippen LogP contribution is -1.92. The summed E-state index contributed by atoms with van der Waals surface area (Å²) in [5.41, 5.74) is 11.7. The van der Waals surface area contributed by atoms with Crippen molar-refractivity contribution in [3.8, 4) is 28.4 Å². The Kier molecular flexibility index (Phi) is 3.70. The molecule has 3 heterocycles. The fourth-order valence-corrected chi connectivity index (χ4v) is 2.60. The molecule has 0 aliphatic rings. The van der Waals surface area contributed by atoms with Crippen LogP contribution >= 0.6 is 0 Å². The van der Waals surface area contributed by atoms with E-state index in [-0.39, 0.29) is 5.82 Å². The first kappa shape index (κ1) is 15.0. The van der Waals surface area contributed by atoms with Crippen LogP contribution in [-0.4, -0.2) is 27.0 Å². The molecule has 0 saturated heterocycles. The van der Waals surface area contributed by atoms with E-state index >= 15 is 0 Å². The quantitative estimate of drug-likeness (QED) is 0.555. The molecule has 122 valence electrons. The molecule has 25 heavy (non-hydrogen) atoms. The number of nitrogens with zero attached hydrogens (tertiary/aromatic N) is 4. The molecule has 4 rings (SSSR count). The van der Waals surface area contributed by atoms with Crippen LogP contribution in [0.3, 0.4) is 0 Å². The van der Waals surface area contributed by atoms with E-state index in [0.717, 1.165) is 22.2 Å². The van der Waals surface area contributed by atoms with Gasteiger partial charge in [0.05, 0.1) is 18.5 Å². The zero-order chi connectivity index (χ0) is 17.2. The first-order valence-corrected chi connectivity index (χ1v) is 7.69. The predicted molar refractivity (Wildman–Crippen MR) is 96.5 cm³/mol. The van der Waals surface area contributed by atoms with Crippen LogP contribution in [0, 0.1) is 0 Å². The molecule has 0 saturated carbocycles. The second-order valence-electron chi connectivity index (χ2n) is 5.46. The molecule has 0 spiro atoms. The van der Waals surface area contributed by atoms with Gasteiger partial charge in [-0.25, -0.2) is 4.98 Å². The molecular weight excluding hydrogens is 314 g/mol. The van der Waals surface area contributed by atoms with Gasteiger partial charge in [0.1, 0.15) is 0 Å². The molecule has 0 aliphatic carbocycles. The van der Waals surface area contributed by atoms with Gasteiger partial charge >= 0.3 is 0 Å². The van der Waals surface area contributed by atoms with Crippen molar-refractivity contribution in [2.24, 2.45) is 0 Å². The highest BCUT2D eigenvalue weighted by Crippen LogP contribution is 2.30. The summed E-state index contributed by atoms with van der Waals surface area (Å²) in [6.45, 7) is 0. The Morgan fingerprint density at radius 2 is 1.80 bits per heavy atom. The molecular formula is C19H14N5O-. The van der Waals surface area contributed by atoms with Gasteiger partial charge in [-0.2, -0.15) is 0 Å². The number of aromatic nitrogens is 4. The average Bonchev–Trinajstić information content (AvgIpc) is 2.68. The molecule has 6 nitrogen and oxygen atoms in total. The van der Waals surface area contributed by atoms with Crippen molar-refractivity contribution in [1.29, 1.82) is 0 Å². The van der Waals surface area contributed by atoms with Crippen LogP contribution in [0.5, 0.6) is 5.88 Å². The summed E-state index contributed by atoms with van der Waals surface area (Å²) in [6, 6.07) is 13.2. The van der Waals surface area contributed by atoms with Gasteiger partial charge in [0.2, 0.25) is 5.88 Å². The summed E-state index contributed by atoms with van der Waals surface area (Å²) in [4.78, 5) is 17.2. The van der Waals surface area contributed by atoms with Crippen molar-refractivity contribution in [2.45, 2.75) is 0 Å². The molecule has 0 aliphatic heterocycles. The van der Waals surface area contributed by atoms with Crippen molar-refractivity contribution in [2.75, 3.05) is 7.11 Å². The molecule has 0 bridgehead atoms. The van der Waals surface area contributed by atoms with E-state index in [2.05, 4.69) is 19.9 Å². The summed E-state index contributed by atoms with van der Waals surface area (Å²) in [5.74, 6) is 1.26. The molecule has 0 radical (unpaired) electrons. The van der Waals surface area contributed by atoms with Crippen molar-refractivity contribution in [3.63, 3.8) is 0 Å². The number of fused-ring (bicyclic) bond motifs is 1. The Labute approximate surface area is 144 Å². The van der Waals surface area contributed by atoms with Gasteiger partial charge in [0.25, 0.3) is 0 Å². The summed E-state index contributed by atoms with van der Waals surface area (Å²) >= 11 is 0. The maximum atomic E-state index is 8.27. The fourth-order valence-electron chi connectivity index (χ4n) is 2.60. The second kappa shape index (κ2) is 6.16. The normalized spacial score (nSPS) is 10.8. The minimum Gasteiger partial charge on any atom is -0.481 e. The first-order chi connectivity index (χ1) is 12.2. The smallest absolute Gasteiger partial charge is 0.212 e. The topological polar surface area (TPSA) is 84.6 Å². The molecule has 1 N–H and O–H groups in total. The molecule has 3 aromatic heterocycles. The van der Waals surface area contributed by atoms with Crippen LogP contribution < -0.4 is 4.74 Å². The standard InChI is InChI=1S/C19H14N5O/c1-25-17-7-5-13(11-22-17)12-4-6-16-15(9-12)18(20)24-19(23-16)14-3-2-8-21-10-14/h2-11H,1H3,(H-,20,23,24)/q-1. The number of hydrogen-bond donors (Lipinski definition) is 0. The minimum atomic E-state index is 0.187. The number of pyridine rings is 2. The number of benzene rings is 1. The third-order valence-electron chi connectivity index (χ3n) is 3.89. The Morgan fingerprint density at radius 3 is 2.52 bits per heavy atom. The number of nitrogens with one attached hydrogen (secondary N) is 1. The van der Waals surface area contributed by atoms with Gasteiger partial charge in [0, 0.05) is 35.8 Å². The lowest BCUT2D eigenvalue weighted by Gasteiger charge is -2.14. The summed E-state index contributed by atoms with van der Waals surface area (Å²) in [7, 11) is 1.58. The van der Waals surface area contributed by atoms with Gasteiger partial charge < -0.3 is 15.5 Å². The summed E-state index contributed by atoms with van der Waals surface area (Å²) in [6.07, 6.45) is 5.13. The molecule has 0 atom stereocenters. The zero-order valence-electron chi connectivity index (χ0n) is 13.5. The van der Waals surface area contributed by atoms with Gasteiger partial charge in [-0.15, -0.1) is 0 Å². The van der Waals surface area contributed by atoms with Gasteiger partial charge in [-0.05, 0) is 35.2 Å². The lowest BCUT2D eigenvalue weighted by molar-refractivity contribution is 0.398. The van der Waals surface area contributed by atoms with Crippen LogP contribution in [0.4, 0.5) is 5.82 Å². The van der Waals surface area contributed by atoms with E-state index in [1.807, 2.05) is 42.5 Å². The maximum absolute atomic E-state index is 8.27. The first-order valence-electron chi connectivity index (χ1n) is 7.69. The Balaban J connectivity index is 1.79. The van der Waals surface area contributed by atoms with Gasteiger partial charge in [-0.1, -0.05) is 18.0 Å². The van der Waals surface area contributed by atoms with Crippen molar-refractivity contribution in [1.82, 2.24) is 19.9 Å². The van der Waals surface area contributed by atoms with Crippen molar-refractivity contribution >= 4 is 16.7 Å². The number of rotatable bonds is 3. The minimum absolute atomic E-state index is 0.187. The fraction of sp³-hybridized carbons (Fsp3) is 0.0526. The van der Waals surface area contributed by atoms with Crippen LogP contribution in [0.15, 0.2) is 61.1 Å². The Morgan fingerprint density at radius 1 is 0.920 bits per heavy atom. The van der Waals surface area contributed by atoms with E-state index in [0.29, 0.717) is 17.1 Å². The predicted octanol–water partition coefficient (Wildman–Crippen LogP) is 4.45. The van der Waals surface area contributed by atoms with Crippen LogP contribution in [0.1, 0.15) is 0 Å². The average molecular weight is 328 g/mol. The van der Waals surface area contributed by atoms with E-state index < -0.39 is 0 Å². The lowest BCUT2D eigenvalue weighted by atomic mass is 10.1. The zero-order valence-corrected chi connectivity index (χ0v) is 13.5. The van der Waals surface area contributed by atoms with E-state index in [1.54, 1.807) is 25.7 Å². The van der Waals surface area contributed by atoms with Gasteiger partial charge in [0.15, 0.2) is 0 Å². The van der Waals surface area contributed by atoms with Crippen LogP contribution in [0.2, 0.25) is 0 Å². The molecule has 0 amide bonds. The highest BCUT2D eigenvalue weighted by molar-refractivity contribution is 5.93. The van der Waals surface area contributed by atoms with E-state index in [9.17, 15) is 0 Å². The molecule has 1 aromatic carbocycles. The molecule has 6 heteroatoms. The van der Waals surface area contributed by atoms with Crippen molar-refractivity contribution in [3.05, 3.63) is 66.8 Å². The SMILES string of the molecule is COc1ccc(-c2ccc3nc(-c4cccnc4)nc([NH-])c3c2)cn1. The van der Waals surface area contributed by atoms with E-state index in [1.165, 1.54) is 0 Å². The second-order valence-corrected chi connectivity index (χ2v) is 5.46. The number of hydrogen-bond acceptors (Lipinski definition) is 5. The Bertz CT molecular complexity index is 1030. The number of ether oxygens (including phenoxy) is 1. The molecule has 0 unspecified atom stereocenters. The Hall–Kier alpha value is -3.54. The number of methoxy groups -OCH3 is 1. The molecule has 0 fully saturated rings. The van der Waals surface area contributed by atoms with Crippen molar-refractivity contribution < 1.29 is 4.74 Å².